The molecule has 186 valence electrons. The molecule has 4 N–H and O–H groups in total. The lowest BCUT2D eigenvalue weighted by Crippen LogP contribution is -2.50. The van der Waals surface area contributed by atoms with Crippen molar-refractivity contribution in [2.75, 3.05) is 19.7 Å². The van der Waals surface area contributed by atoms with E-state index < -0.39 is 23.6 Å². The molecule has 1 fully saturated rings. The molecule has 4 rings (SSSR count). The highest BCUT2D eigenvalue weighted by atomic mass is 16.5. The van der Waals surface area contributed by atoms with E-state index in [1.165, 1.54) is 0 Å². The number of aliphatic hydroxyl groups is 1. The molecule has 8 heteroatoms. The van der Waals surface area contributed by atoms with Crippen molar-refractivity contribution in [2.24, 2.45) is 5.41 Å². The van der Waals surface area contributed by atoms with Crippen molar-refractivity contribution < 1.29 is 29.3 Å². The Morgan fingerprint density at radius 1 is 0.914 bits per heavy atom. The largest absolute Gasteiger partial charge is 0.479 e. The maximum Gasteiger partial charge on any atom is 0.407 e. The summed E-state index contributed by atoms with van der Waals surface area (Å²) < 4.78 is 5.62. The van der Waals surface area contributed by atoms with Gasteiger partial charge in [0, 0.05) is 12.5 Å². The van der Waals surface area contributed by atoms with Crippen molar-refractivity contribution >= 4 is 18.0 Å². The third kappa shape index (κ3) is 5.48. The van der Waals surface area contributed by atoms with Gasteiger partial charge in [-0.05, 0) is 35.1 Å². The summed E-state index contributed by atoms with van der Waals surface area (Å²) in [5, 5.41) is 23.8. The van der Waals surface area contributed by atoms with E-state index in [2.05, 4.69) is 34.9 Å². The van der Waals surface area contributed by atoms with E-state index in [-0.39, 0.29) is 31.5 Å². The number of rotatable bonds is 8. The van der Waals surface area contributed by atoms with Gasteiger partial charge in [-0.15, -0.1) is 0 Å². The third-order valence-electron chi connectivity index (χ3n) is 7.20. The molecule has 0 radical (unpaired) electrons. The minimum atomic E-state index is -1.67. The minimum Gasteiger partial charge on any atom is -0.479 e. The molecule has 0 aromatic heterocycles. The summed E-state index contributed by atoms with van der Waals surface area (Å²) in [6.45, 7) is -0.0939. The van der Waals surface area contributed by atoms with E-state index in [1.54, 1.807) is 0 Å². The van der Waals surface area contributed by atoms with Crippen LogP contribution in [0.15, 0.2) is 48.5 Å². The highest BCUT2D eigenvalue weighted by Gasteiger charge is 2.39. The average Bonchev–Trinajstić information content (AvgIpc) is 3.00. The van der Waals surface area contributed by atoms with Gasteiger partial charge in [-0.2, -0.15) is 0 Å². The Balaban J connectivity index is 1.38. The minimum absolute atomic E-state index is 0.0548. The standard InChI is InChI=1S/C27H32N2O6/c30-23(24(31)32)15-28-25(33)27(13-7-1-2-8-14-27)17-29-26(34)35-16-22-20-11-5-3-9-18(20)19-10-4-6-12-21(19)22/h3-6,9-12,22-23,30H,1-2,7-8,13-17H2,(H,28,33)(H,29,34)(H,31,32)/t23-/m0/s1. The molecule has 0 saturated heterocycles. The summed E-state index contributed by atoms with van der Waals surface area (Å²) >= 11 is 0. The maximum absolute atomic E-state index is 13.0. The third-order valence-corrected chi connectivity index (χ3v) is 7.20. The molecule has 35 heavy (non-hydrogen) atoms. The lowest BCUT2D eigenvalue weighted by atomic mass is 9.79. The monoisotopic (exact) mass is 480 g/mol. The normalized spacial score (nSPS) is 17.4. The molecule has 2 aliphatic carbocycles. The maximum atomic E-state index is 13.0. The lowest BCUT2D eigenvalue weighted by Gasteiger charge is -2.31. The fourth-order valence-electron chi connectivity index (χ4n) is 5.24. The quantitative estimate of drug-likeness (QED) is 0.429. The van der Waals surface area contributed by atoms with Crippen molar-refractivity contribution in [2.45, 2.75) is 50.5 Å². The van der Waals surface area contributed by atoms with Crippen LogP contribution >= 0.6 is 0 Å². The smallest absolute Gasteiger partial charge is 0.407 e. The molecular formula is C27H32N2O6. The topological polar surface area (TPSA) is 125 Å². The van der Waals surface area contributed by atoms with Gasteiger partial charge in [0.15, 0.2) is 6.10 Å². The second-order valence-electron chi connectivity index (χ2n) is 9.44. The number of benzene rings is 2. The Morgan fingerprint density at radius 3 is 2.06 bits per heavy atom. The fourth-order valence-corrected chi connectivity index (χ4v) is 5.24. The summed E-state index contributed by atoms with van der Waals surface area (Å²) in [5.74, 6) is -1.79. The zero-order chi connectivity index (χ0) is 24.8. The van der Waals surface area contributed by atoms with Gasteiger partial charge in [-0.1, -0.05) is 74.2 Å². The number of hydrogen-bond acceptors (Lipinski definition) is 5. The molecular weight excluding hydrogens is 448 g/mol. The number of carboxylic acids is 1. The zero-order valence-corrected chi connectivity index (χ0v) is 19.7. The number of alkyl carbamates (subject to hydrolysis) is 1. The first-order chi connectivity index (χ1) is 16.9. The average molecular weight is 481 g/mol. The Morgan fingerprint density at radius 2 is 1.49 bits per heavy atom. The first-order valence-corrected chi connectivity index (χ1v) is 12.2. The van der Waals surface area contributed by atoms with Gasteiger partial charge in [0.2, 0.25) is 5.91 Å². The molecule has 0 heterocycles. The molecule has 2 aromatic carbocycles. The number of aliphatic carboxylic acids is 1. The predicted molar refractivity (Wildman–Crippen MR) is 130 cm³/mol. The Hall–Kier alpha value is -3.39. The zero-order valence-electron chi connectivity index (χ0n) is 19.7. The van der Waals surface area contributed by atoms with Crippen molar-refractivity contribution in [3.8, 4) is 11.1 Å². The van der Waals surface area contributed by atoms with Crippen molar-refractivity contribution in [1.29, 1.82) is 0 Å². The van der Waals surface area contributed by atoms with Crippen LogP contribution in [0.25, 0.3) is 11.1 Å². The van der Waals surface area contributed by atoms with E-state index in [0.29, 0.717) is 12.8 Å². The second-order valence-corrected chi connectivity index (χ2v) is 9.44. The van der Waals surface area contributed by atoms with E-state index in [0.717, 1.165) is 47.9 Å². The van der Waals surface area contributed by atoms with Gasteiger partial charge >= 0.3 is 12.1 Å². The molecule has 0 bridgehead atoms. The molecule has 8 nitrogen and oxygen atoms in total. The Labute approximate surface area is 204 Å². The molecule has 2 aromatic rings. The second kappa shape index (κ2) is 10.9. The summed E-state index contributed by atoms with van der Waals surface area (Å²) in [5.41, 5.74) is 3.68. The Kier molecular flexibility index (Phi) is 7.70. The molecule has 2 aliphatic rings. The van der Waals surface area contributed by atoms with Crippen LogP contribution in [0.3, 0.4) is 0 Å². The number of carbonyl (C=O) groups is 3. The van der Waals surface area contributed by atoms with Crippen LogP contribution in [-0.4, -0.2) is 54.0 Å². The van der Waals surface area contributed by atoms with Crippen LogP contribution in [0.4, 0.5) is 4.79 Å². The van der Waals surface area contributed by atoms with Crippen molar-refractivity contribution in [3.05, 3.63) is 59.7 Å². The van der Waals surface area contributed by atoms with Crippen molar-refractivity contribution in [1.82, 2.24) is 10.6 Å². The number of carbonyl (C=O) groups excluding carboxylic acids is 2. The number of ether oxygens (including phenoxy) is 1. The molecule has 0 aliphatic heterocycles. The van der Waals surface area contributed by atoms with E-state index in [9.17, 15) is 19.5 Å². The number of hydrogen-bond donors (Lipinski definition) is 4. The summed E-state index contributed by atoms with van der Waals surface area (Å²) in [7, 11) is 0. The highest BCUT2D eigenvalue weighted by Crippen LogP contribution is 2.44. The fraction of sp³-hybridized carbons (Fsp3) is 0.444. The van der Waals surface area contributed by atoms with E-state index in [1.807, 2.05) is 24.3 Å². The summed E-state index contributed by atoms with van der Waals surface area (Å²) in [4.78, 5) is 36.6. The molecule has 0 unspecified atom stereocenters. The highest BCUT2D eigenvalue weighted by molar-refractivity contribution is 5.84. The molecule has 2 amide bonds. The van der Waals surface area contributed by atoms with Gasteiger partial charge < -0.3 is 25.6 Å². The molecule has 1 atom stereocenters. The number of nitrogens with one attached hydrogen (secondary N) is 2. The predicted octanol–water partition coefficient (Wildman–Crippen LogP) is 3.43. The first-order valence-electron chi connectivity index (χ1n) is 12.2. The number of fused-ring (bicyclic) bond motifs is 3. The van der Waals surface area contributed by atoms with Crippen LogP contribution in [0.1, 0.15) is 55.6 Å². The van der Waals surface area contributed by atoms with Gasteiger partial charge in [0.05, 0.1) is 12.0 Å². The molecule has 0 spiro atoms. The first kappa shape index (κ1) is 24.7. The van der Waals surface area contributed by atoms with Crippen LogP contribution < -0.4 is 10.6 Å². The van der Waals surface area contributed by atoms with Crippen LogP contribution in [0, 0.1) is 5.41 Å². The summed E-state index contributed by atoms with van der Waals surface area (Å²) in [6.07, 6.45) is 2.56. The van der Waals surface area contributed by atoms with Gasteiger partial charge in [-0.3, -0.25) is 4.79 Å². The van der Waals surface area contributed by atoms with Crippen LogP contribution in [0.2, 0.25) is 0 Å². The van der Waals surface area contributed by atoms with Crippen LogP contribution in [-0.2, 0) is 14.3 Å². The Bertz CT molecular complexity index is 1030. The van der Waals surface area contributed by atoms with E-state index in [4.69, 9.17) is 9.84 Å². The number of aliphatic hydroxyl groups excluding tert-OH is 1. The number of amides is 2. The lowest BCUT2D eigenvalue weighted by molar-refractivity contribution is -0.146. The summed E-state index contributed by atoms with van der Waals surface area (Å²) in [6, 6.07) is 16.2. The van der Waals surface area contributed by atoms with Gasteiger partial charge in [-0.25, -0.2) is 9.59 Å². The van der Waals surface area contributed by atoms with Crippen molar-refractivity contribution in [3.63, 3.8) is 0 Å². The SMILES string of the molecule is O=C(NCC1(C(=O)NC[C@H](O)C(=O)O)CCCCCC1)OCC1c2ccccc2-c2ccccc21. The van der Waals surface area contributed by atoms with Gasteiger partial charge in [0.1, 0.15) is 6.61 Å². The van der Waals surface area contributed by atoms with E-state index >= 15 is 0 Å². The molecule has 1 saturated carbocycles. The van der Waals surface area contributed by atoms with Gasteiger partial charge in [0.25, 0.3) is 0 Å². The van der Waals surface area contributed by atoms with Crippen LogP contribution in [0.5, 0.6) is 0 Å². The number of carboxylic acid groups (broad SMARTS) is 1.